The van der Waals surface area contributed by atoms with Crippen LogP contribution in [0.4, 0.5) is 5.69 Å². The van der Waals surface area contributed by atoms with Gasteiger partial charge < -0.3 is 10.6 Å². The second-order valence-corrected chi connectivity index (χ2v) is 4.98. The van der Waals surface area contributed by atoms with Gasteiger partial charge in [0, 0.05) is 0 Å². The zero-order chi connectivity index (χ0) is 12.8. The fourth-order valence-electron chi connectivity index (χ4n) is 1.28. The van der Waals surface area contributed by atoms with Crippen molar-refractivity contribution < 1.29 is 4.79 Å². The monoisotopic (exact) mass is 274 g/mol. The lowest BCUT2D eigenvalue weighted by Gasteiger charge is -2.10. The summed E-state index contributed by atoms with van der Waals surface area (Å²) < 4.78 is 0. The Hall–Kier alpha value is -0.770. The number of rotatable bonds is 5. The Balaban J connectivity index is 2.51. The van der Waals surface area contributed by atoms with E-state index < -0.39 is 0 Å². The number of benzene rings is 1. The van der Waals surface area contributed by atoms with E-state index in [0.717, 1.165) is 6.54 Å². The number of hydrogen-bond acceptors (Lipinski definition) is 2. The Bertz CT molecular complexity index is 374. The fourth-order valence-corrected chi connectivity index (χ4v) is 1.77. The van der Waals surface area contributed by atoms with E-state index >= 15 is 0 Å². The van der Waals surface area contributed by atoms with E-state index in [1.54, 1.807) is 18.2 Å². The van der Waals surface area contributed by atoms with Crippen LogP contribution in [-0.2, 0) is 4.79 Å². The summed E-state index contributed by atoms with van der Waals surface area (Å²) in [5.74, 6) is 0.354. The van der Waals surface area contributed by atoms with Gasteiger partial charge in [-0.3, -0.25) is 4.79 Å². The lowest BCUT2D eigenvalue weighted by molar-refractivity contribution is -0.115. The van der Waals surface area contributed by atoms with Crippen LogP contribution in [0.1, 0.15) is 13.8 Å². The summed E-state index contributed by atoms with van der Waals surface area (Å²) in [4.78, 5) is 11.6. The highest BCUT2D eigenvalue weighted by atomic mass is 35.5. The number of hydrogen-bond donors (Lipinski definition) is 2. The van der Waals surface area contributed by atoms with Crippen molar-refractivity contribution in [2.24, 2.45) is 5.92 Å². The van der Waals surface area contributed by atoms with E-state index in [1.807, 2.05) is 0 Å². The van der Waals surface area contributed by atoms with Crippen LogP contribution < -0.4 is 10.6 Å². The predicted molar refractivity (Wildman–Crippen MR) is 72.8 cm³/mol. The maximum absolute atomic E-state index is 11.6. The molecule has 5 heteroatoms. The van der Waals surface area contributed by atoms with Crippen molar-refractivity contribution in [1.82, 2.24) is 5.32 Å². The number of carbonyl (C=O) groups excluding carboxylic acids is 1. The molecule has 2 N–H and O–H groups in total. The summed E-state index contributed by atoms with van der Waals surface area (Å²) in [5.41, 5.74) is 0.465. The molecule has 17 heavy (non-hydrogen) atoms. The quantitative estimate of drug-likeness (QED) is 0.866. The second-order valence-electron chi connectivity index (χ2n) is 4.17. The molecular formula is C12H16Cl2N2O. The molecule has 1 aromatic carbocycles. The second kappa shape index (κ2) is 6.84. The van der Waals surface area contributed by atoms with Gasteiger partial charge in [-0.25, -0.2) is 0 Å². The zero-order valence-corrected chi connectivity index (χ0v) is 11.4. The summed E-state index contributed by atoms with van der Waals surface area (Å²) in [6.07, 6.45) is 0. The molecule has 0 bridgehead atoms. The highest BCUT2D eigenvalue weighted by molar-refractivity contribution is 6.39. The lowest BCUT2D eigenvalue weighted by atomic mass is 10.2. The molecule has 1 amide bonds. The van der Waals surface area contributed by atoms with Gasteiger partial charge in [-0.15, -0.1) is 0 Å². The van der Waals surface area contributed by atoms with Gasteiger partial charge in [0.1, 0.15) is 0 Å². The zero-order valence-electron chi connectivity index (χ0n) is 9.89. The van der Waals surface area contributed by atoms with Gasteiger partial charge in [-0.2, -0.15) is 0 Å². The minimum absolute atomic E-state index is 0.152. The maximum Gasteiger partial charge on any atom is 0.238 e. The van der Waals surface area contributed by atoms with Gasteiger partial charge in [-0.05, 0) is 24.6 Å². The molecular weight excluding hydrogens is 259 g/mol. The molecule has 0 unspecified atom stereocenters. The third-order valence-electron chi connectivity index (χ3n) is 2.07. The molecule has 0 saturated heterocycles. The van der Waals surface area contributed by atoms with E-state index in [9.17, 15) is 4.79 Å². The Kier molecular flexibility index (Phi) is 5.75. The largest absolute Gasteiger partial charge is 0.322 e. The Labute approximate surface area is 111 Å². The SMILES string of the molecule is CC(C)CNCC(=O)Nc1c(Cl)cccc1Cl. The molecule has 1 rings (SSSR count). The van der Waals surface area contributed by atoms with Crippen molar-refractivity contribution in [2.45, 2.75) is 13.8 Å². The number of para-hydroxylation sites is 1. The normalized spacial score (nSPS) is 10.6. The summed E-state index contributed by atoms with van der Waals surface area (Å²) >= 11 is 11.9. The van der Waals surface area contributed by atoms with Gasteiger partial charge >= 0.3 is 0 Å². The molecule has 3 nitrogen and oxygen atoms in total. The van der Waals surface area contributed by atoms with Crippen LogP contribution >= 0.6 is 23.2 Å². The lowest BCUT2D eigenvalue weighted by Crippen LogP contribution is -2.30. The molecule has 0 aliphatic carbocycles. The van der Waals surface area contributed by atoms with E-state index in [-0.39, 0.29) is 12.5 Å². The molecule has 0 heterocycles. The summed E-state index contributed by atoms with van der Waals surface area (Å²) in [6, 6.07) is 5.10. The summed E-state index contributed by atoms with van der Waals surface area (Å²) in [6.45, 7) is 5.20. The van der Waals surface area contributed by atoms with Crippen LogP contribution in [0.25, 0.3) is 0 Å². The maximum atomic E-state index is 11.6. The first-order valence-electron chi connectivity index (χ1n) is 5.45. The Morgan fingerprint density at radius 3 is 2.41 bits per heavy atom. The molecule has 0 aliphatic heterocycles. The van der Waals surface area contributed by atoms with Crippen LogP contribution in [-0.4, -0.2) is 19.0 Å². The third-order valence-corrected chi connectivity index (χ3v) is 2.70. The molecule has 94 valence electrons. The van der Waals surface area contributed by atoms with Crippen molar-refractivity contribution in [2.75, 3.05) is 18.4 Å². The van der Waals surface area contributed by atoms with E-state index in [4.69, 9.17) is 23.2 Å². The van der Waals surface area contributed by atoms with Crippen molar-refractivity contribution in [3.63, 3.8) is 0 Å². The van der Waals surface area contributed by atoms with Crippen molar-refractivity contribution >= 4 is 34.8 Å². The Morgan fingerprint density at radius 1 is 1.29 bits per heavy atom. The van der Waals surface area contributed by atoms with Crippen LogP contribution in [0.2, 0.25) is 10.0 Å². The molecule has 0 aromatic heterocycles. The van der Waals surface area contributed by atoms with E-state index in [2.05, 4.69) is 24.5 Å². The van der Waals surface area contributed by atoms with E-state index in [0.29, 0.717) is 21.7 Å². The number of nitrogens with one attached hydrogen (secondary N) is 2. The van der Waals surface area contributed by atoms with Gasteiger partial charge in [-0.1, -0.05) is 43.1 Å². The first-order valence-corrected chi connectivity index (χ1v) is 6.21. The van der Waals surface area contributed by atoms with Crippen LogP contribution in [0.3, 0.4) is 0 Å². The Morgan fingerprint density at radius 2 is 1.88 bits per heavy atom. The molecule has 0 radical (unpaired) electrons. The molecule has 0 fully saturated rings. The number of carbonyl (C=O) groups is 1. The molecule has 0 atom stereocenters. The first-order chi connectivity index (χ1) is 8.00. The topological polar surface area (TPSA) is 41.1 Å². The smallest absolute Gasteiger partial charge is 0.238 e. The fraction of sp³-hybridized carbons (Fsp3) is 0.417. The minimum Gasteiger partial charge on any atom is -0.322 e. The standard InChI is InChI=1S/C12H16Cl2N2O/c1-8(2)6-15-7-11(17)16-12-9(13)4-3-5-10(12)14/h3-5,8,15H,6-7H2,1-2H3,(H,16,17). The third kappa shape index (κ3) is 4.94. The van der Waals surface area contributed by atoms with E-state index in [1.165, 1.54) is 0 Å². The summed E-state index contributed by atoms with van der Waals surface area (Å²) in [5, 5.41) is 6.61. The highest BCUT2D eigenvalue weighted by Gasteiger charge is 2.09. The molecule has 0 saturated carbocycles. The number of halogens is 2. The average molecular weight is 275 g/mol. The molecule has 1 aromatic rings. The number of amides is 1. The van der Waals surface area contributed by atoms with Crippen molar-refractivity contribution in [1.29, 1.82) is 0 Å². The minimum atomic E-state index is -0.152. The van der Waals surface area contributed by atoms with Crippen molar-refractivity contribution in [3.05, 3.63) is 28.2 Å². The molecule has 0 aliphatic rings. The van der Waals surface area contributed by atoms with Gasteiger partial charge in [0.05, 0.1) is 22.3 Å². The van der Waals surface area contributed by atoms with Crippen LogP contribution in [0.5, 0.6) is 0 Å². The predicted octanol–water partition coefficient (Wildman–Crippen LogP) is 3.18. The average Bonchev–Trinajstić information content (AvgIpc) is 2.23. The van der Waals surface area contributed by atoms with Gasteiger partial charge in [0.2, 0.25) is 5.91 Å². The molecule has 0 spiro atoms. The van der Waals surface area contributed by atoms with Crippen LogP contribution in [0, 0.1) is 5.92 Å². The highest BCUT2D eigenvalue weighted by Crippen LogP contribution is 2.29. The number of anilines is 1. The van der Waals surface area contributed by atoms with Crippen molar-refractivity contribution in [3.8, 4) is 0 Å². The van der Waals surface area contributed by atoms with Gasteiger partial charge in [0.15, 0.2) is 0 Å². The van der Waals surface area contributed by atoms with Crippen LogP contribution in [0.15, 0.2) is 18.2 Å². The van der Waals surface area contributed by atoms with Gasteiger partial charge in [0.25, 0.3) is 0 Å². The summed E-state index contributed by atoms with van der Waals surface area (Å²) in [7, 11) is 0. The first kappa shape index (κ1) is 14.3.